The number of para-hydroxylation sites is 2. The van der Waals surface area contributed by atoms with E-state index in [1.807, 2.05) is 30.5 Å². The van der Waals surface area contributed by atoms with Crippen LogP contribution in [0.15, 0.2) is 73.4 Å². The maximum Gasteiger partial charge on any atom is 0.255 e. The highest BCUT2D eigenvalue weighted by Crippen LogP contribution is 2.42. The first-order valence-electron chi connectivity index (χ1n) is 10.9. The van der Waals surface area contributed by atoms with Crippen molar-refractivity contribution >= 4 is 16.8 Å². The lowest BCUT2D eigenvalue weighted by atomic mass is 9.73. The van der Waals surface area contributed by atoms with Crippen molar-refractivity contribution in [3.8, 4) is 5.75 Å². The molecule has 3 aromatic rings. The van der Waals surface area contributed by atoms with E-state index in [9.17, 15) is 9.90 Å². The van der Waals surface area contributed by atoms with Gasteiger partial charge in [0.15, 0.2) is 0 Å². The van der Waals surface area contributed by atoms with Crippen molar-refractivity contribution < 1.29 is 9.90 Å². The fourth-order valence-corrected chi connectivity index (χ4v) is 5.38. The Morgan fingerprint density at radius 3 is 2.77 bits per heavy atom. The second-order valence-electron chi connectivity index (χ2n) is 8.63. The van der Waals surface area contributed by atoms with Crippen LogP contribution in [0.4, 0.5) is 0 Å². The minimum atomic E-state index is -0.257. The average molecular weight is 414 g/mol. The van der Waals surface area contributed by atoms with Crippen LogP contribution in [-0.2, 0) is 0 Å². The van der Waals surface area contributed by atoms with Gasteiger partial charge >= 0.3 is 0 Å². The Hall–Kier alpha value is -3.18. The van der Waals surface area contributed by atoms with Gasteiger partial charge in [0.25, 0.3) is 5.91 Å². The normalized spacial score (nSPS) is 25.8. The van der Waals surface area contributed by atoms with Gasteiger partial charge < -0.3 is 10.4 Å². The Morgan fingerprint density at radius 1 is 1.19 bits per heavy atom. The van der Waals surface area contributed by atoms with Crippen molar-refractivity contribution in [2.45, 2.75) is 24.9 Å². The van der Waals surface area contributed by atoms with Crippen LogP contribution in [0.1, 0.15) is 34.8 Å². The highest BCUT2D eigenvalue weighted by molar-refractivity contribution is 5.97. The van der Waals surface area contributed by atoms with E-state index in [1.165, 1.54) is 6.42 Å². The van der Waals surface area contributed by atoms with Gasteiger partial charge in [0.1, 0.15) is 5.75 Å². The highest BCUT2D eigenvalue weighted by atomic mass is 16.3. The molecule has 5 atom stereocenters. The van der Waals surface area contributed by atoms with Crippen LogP contribution in [0, 0.1) is 11.8 Å². The van der Waals surface area contributed by atoms with Crippen LogP contribution in [-0.4, -0.2) is 40.0 Å². The van der Waals surface area contributed by atoms with E-state index in [0.717, 1.165) is 36.0 Å². The molecule has 0 saturated carbocycles. The molecular weight excluding hydrogens is 386 g/mol. The topological polar surface area (TPSA) is 65.5 Å². The van der Waals surface area contributed by atoms with Crippen LogP contribution in [0.2, 0.25) is 0 Å². The zero-order valence-corrected chi connectivity index (χ0v) is 17.4. The number of phenolic OH excluding ortho intramolecular Hbond substituents is 1. The molecule has 0 radical (unpaired) electrons. The molecule has 3 aliphatic rings. The number of hydrogen-bond donors (Lipinski definition) is 2. The predicted octanol–water partition coefficient (Wildman–Crippen LogP) is 4.31. The molecule has 0 spiro atoms. The molecule has 158 valence electrons. The Morgan fingerprint density at radius 2 is 2.00 bits per heavy atom. The number of carbonyl (C=O) groups excluding carboxylic acids is 1. The number of aromatic hydroxyl groups is 1. The van der Waals surface area contributed by atoms with E-state index < -0.39 is 0 Å². The molecule has 2 bridgehead atoms. The van der Waals surface area contributed by atoms with Crippen LogP contribution >= 0.6 is 0 Å². The van der Waals surface area contributed by atoms with Crippen LogP contribution in [0.25, 0.3) is 10.9 Å². The number of phenols is 1. The summed E-state index contributed by atoms with van der Waals surface area (Å²) in [7, 11) is 0. The number of piperidine rings is 3. The Labute approximate surface area is 182 Å². The van der Waals surface area contributed by atoms with E-state index >= 15 is 0 Å². The van der Waals surface area contributed by atoms with E-state index in [4.69, 9.17) is 0 Å². The number of fused-ring (bicyclic) bond motifs is 4. The van der Waals surface area contributed by atoms with Gasteiger partial charge in [-0.2, -0.15) is 0 Å². The SMILES string of the molecule is C=C[C@H]1CN2CC[C@H]1C[C@@H]2[C@@H](NC(=O)c1ccccc1O)c1ccnc2ccccc12. The minimum Gasteiger partial charge on any atom is -0.507 e. The molecule has 2 N–H and O–H groups in total. The number of aromatic nitrogens is 1. The number of rotatable bonds is 5. The van der Waals surface area contributed by atoms with Crippen molar-refractivity contribution in [2.24, 2.45) is 11.8 Å². The summed E-state index contributed by atoms with van der Waals surface area (Å²) in [5.41, 5.74) is 2.29. The quantitative estimate of drug-likeness (QED) is 0.612. The number of amides is 1. The highest BCUT2D eigenvalue weighted by Gasteiger charge is 2.43. The van der Waals surface area contributed by atoms with Crippen molar-refractivity contribution in [1.29, 1.82) is 0 Å². The number of hydrogen-bond acceptors (Lipinski definition) is 4. The summed E-state index contributed by atoms with van der Waals surface area (Å²) in [4.78, 5) is 20.2. The lowest BCUT2D eigenvalue weighted by Crippen LogP contribution is -2.57. The Kier molecular flexibility index (Phi) is 5.20. The van der Waals surface area contributed by atoms with Gasteiger partial charge in [0, 0.05) is 24.2 Å². The zero-order chi connectivity index (χ0) is 21.4. The molecule has 4 heterocycles. The lowest BCUT2D eigenvalue weighted by molar-refractivity contribution is 0.00169. The van der Waals surface area contributed by atoms with Crippen LogP contribution < -0.4 is 5.32 Å². The molecule has 0 aliphatic carbocycles. The maximum absolute atomic E-state index is 13.2. The molecule has 2 aromatic carbocycles. The smallest absolute Gasteiger partial charge is 0.255 e. The van der Waals surface area contributed by atoms with E-state index in [1.54, 1.807) is 24.3 Å². The first-order chi connectivity index (χ1) is 15.2. The second kappa shape index (κ2) is 8.16. The predicted molar refractivity (Wildman–Crippen MR) is 122 cm³/mol. The average Bonchev–Trinajstić information content (AvgIpc) is 2.82. The monoisotopic (exact) mass is 413 g/mol. The lowest BCUT2D eigenvalue weighted by Gasteiger charge is -2.51. The van der Waals surface area contributed by atoms with Gasteiger partial charge in [-0.1, -0.05) is 36.4 Å². The third kappa shape index (κ3) is 3.59. The summed E-state index contributed by atoms with van der Waals surface area (Å²) in [5, 5.41) is 14.6. The number of pyridine rings is 1. The van der Waals surface area contributed by atoms with Crippen molar-refractivity contribution in [3.05, 3.63) is 84.6 Å². The fourth-order valence-electron chi connectivity index (χ4n) is 5.38. The largest absolute Gasteiger partial charge is 0.507 e. The Balaban J connectivity index is 1.55. The van der Waals surface area contributed by atoms with Gasteiger partial charge in [0.2, 0.25) is 0 Å². The molecule has 6 rings (SSSR count). The molecule has 5 heteroatoms. The van der Waals surface area contributed by atoms with Gasteiger partial charge in [0.05, 0.1) is 17.1 Å². The maximum atomic E-state index is 13.2. The van der Waals surface area contributed by atoms with Gasteiger partial charge in [-0.25, -0.2) is 0 Å². The molecule has 5 nitrogen and oxygen atoms in total. The van der Waals surface area contributed by atoms with Gasteiger partial charge in [-0.3, -0.25) is 14.7 Å². The second-order valence-corrected chi connectivity index (χ2v) is 8.63. The van der Waals surface area contributed by atoms with E-state index in [0.29, 0.717) is 17.4 Å². The van der Waals surface area contributed by atoms with Gasteiger partial charge in [-0.15, -0.1) is 6.58 Å². The molecular formula is C26H27N3O2. The van der Waals surface area contributed by atoms with Crippen molar-refractivity contribution in [2.75, 3.05) is 13.1 Å². The number of benzene rings is 2. The summed E-state index contributed by atoms with van der Waals surface area (Å²) in [6, 6.07) is 16.8. The van der Waals surface area contributed by atoms with Crippen LogP contribution in [0.5, 0.6) is 5.75 Å². The Bertz CT molecular complexity index is 1120. The van der Waals surface area contributed by atoms with Crippen LogP contribution in [0.3, 0.4) is 0 Å². The van der Waals surface area contributed by atoms with E-state index in [2.05, 4.69) is 33.9 Å². The van der Waals surface area contributed by atoms with Crippen molar-refractivity contribution in [3.63, 3.8) is 0 Å². The first kappa shape index (κ1) is 19.8. The minimum absolute atomic E-state index is 0.00414. The van der Waals surface area contributed by atoms with E-state index in [-0.39, 0.29) is 23.7 Å². The molecule has 1 unspecified atom stereocenters. The van der Waals surface area contributed by atoms with Crippen molar-refractivity contribution in [1.82, 2.24) is 15.2 Å². The summed E-state index contributed by atoms with van der Waals surface area (Å²) in [5.74, 6) is 0.835. The van der Waals surface area contributed by atoms with Gasteiger partial charge in [-0.05, 0) is 61.1 Å². The molecule has 1 aromatic heterocycles. The fraction of sp³-hybridized carbons (Fsp3) is 0.308. The first-order valence-corrected chi connectivity index (χ1v) is 10.9. The number of nitrogens with zero attached hydrogens (tertiary/aromatic N) is 2. The molecule has 3 saturated heterocycles. The molecule has 3 fully saturated rings. The molecule has 1 amide bonds. The summed E-state index contributed by atoms with van der Waals surface area (Å²) < 4.78 is 0. The number of carbonyl (C=O) groups is 1. The third-order valence-electron chi connectivity index (χ3n) is 6.99. The molecule has 3 aliphatic heterocycles. The third-order valence-corrected chi connectivity index (χ3v) is 6.99. The molecule has 31 heavy (non-hydrogen) atoms. The summed E-state index contributed by atoms with van der Waals surface area (Å²) in [6.45, 7) is 6.05. The summed E-state index contributed by atoms with van der Waals surface area (Å²) in [6.07, 6.45) is 6.09. The zero-order valence-electron chi connectivity index (χ0n) is 17.4. The number of nitrogens with one attached hydrogen (secondary N) is 1. The summed E-state index contributed by atoms with van der Waals surface area (Å²) >= 11 is 0. The standard InChI is InChI=1S/C26H27N3O2/c1-2-17-16-29-14-12-18(17)15-23(29)25(28-26(31)21-8-4-6-10-24(21)30)20-11-13-27-22-9-5-3-7-19(20)22/h2-11,13,17-18,23,25,30H,1,12,14-16H2,(H,28,31)/t17-,18-,23+,25-/m0/s1.